The maximum atomic E-state index is 12.8. The number of hydrogen-bond acceptors (Lipinski definition) is 6. The molecule has 140 valence electrons. The summed E-state index contributed by atoms with van der Waals surface area (Å²) in [5.41, 5.74) is -0.797. The Balaban J connectivity index is 1.77. The van der Waals surface area contributed by atoms with E-state index in [1.165, 1.54) is 34.3 Å². The van der Waals surface area contributed by atoms with Crippen LogP contribution in [0.4, 0.5) is 13.2 Å². The Hall–Kier alpha value is -2.66. The number of aromatic nitrogens is 5. The van der Waals surface area contributed by atoms with Gasteiger partial charge in [-0.3, -0.25) is 4.79 Å². The van der Waals surface area contributed by atoms with E-state index in [1.54, 1.807) is 6.92 Å². The summed E-state index contributed by atoms with van der Waals surface area (Å²) in [5.74, 6) is 0.278. The van der Waals surface area contributed by atoms with Gasteiger partial charge in [-0.05, 0) is 6.92 Å². The summed E-state index contributed by atoms with van der Waals surface area (Å²) in [6, 6.07) is 1.94. The van der Waals surface area contributed by atoms with Gasteiger partial charge in [0.15, 0.2) is 10.7 Å². The van der Waals surface area contributed by atoms with Crippen molar-refractivity contribution in [1.82, 2.24) is 24.1 Å². The Bertz CT molecular complexity index is 1190. The molecule has 0 saturated carbocycles. The van der Waals surface area contributed by atoms with Crippen molar-refractivity contribution in [2.75, 3.05) is 0 Å². The summed E-state index contributed by atoms with van der Waals surface area (Å²) >= 11 is 7.07. The van der Waals surface area contributed by atoms with Crippen molar-refractivity contribution in [2.24, 2.45) is 0 Å². The molecule has 0 atom stereocenters. The minimum atomic E-state index is -4.61. The maximum Gasteiger partial charge on any atom is 0.435 e. The Morgan fingerprint density at radius 3 is 2.74 bits per heavy atom. The smallest absolute Gasteiger partial charge is 0.435 e. The molecule has 0 aliphatic carbocycles. The molecule has 0 aliphatic heterocycles. The molecule has 0 aliphatic rings. The number of alkyl halides is 3. The van der Waals surface area contributed by atoms with Gasteiger partial charge in [0, 0.05) is 17.0 Å². The average Bonchev–Trinajstić information content (AvgIpc) is 3.26. The van der Waals surface area contributed by atoms with Crippen LogP contribution >= 0.6 is 22.9 Å². The van der Waals surface area contributed by atoms with Crippen molar-refractivity contribution in [1.29, 1.82) is 0 Å². The number of halogens is 4. The lowest BCUT2D eigenvalue weighted by Gasteiger charge is -2.04. The molecule has 0 spiro atoms. The summed E-state index contributed by atoms with van der Waals surface area (Å²) in [6.45, 7) is 1.61. The van der Waals surface area contributed by atoms with Gasteiger partial charge < -0.3 is 4.42 Å². The zero-order chi connectivity index (χ0) is 19.3. The van der Waals surface area contributed by atoms with E-state index in [4.69, 9.17) is 16.0 Å². The zero-order valence-corrected chi connectivity index (χ0v) is 15.1. The molecular formula is C15H9ClF3N5O2S. The highest BCUT2D eigenvalue weighted by Crippen LogP contribution is 2.31. The fraction of sp³-hybridized carbons (Fsp3) is 0.200. The lowest BCUT2D eigenvalue weighted by Crippen LogP contribution is -2.17. The predicted molar refractivity (Wildman–Crippen MR) is 90.9 cm³/mol. The first-order chi connectivity index (χ1) is 12.7. The molecule has 0 N–H and O–H groups in total. The van der Waals surface area contributed by atoms with E-state index < -0.39 is 17.4 Å². The molecule has 0 fully saturated rings. The third-order valence-corrected chi connectivity index (χ3v) is 4.97. The van der Waals surface area contributed by atoms with Gasteiger partial charge in [0.1, 0.15) is 17.1 Å². The Morgan fingerprint density at radius 1 is 1.33 bits per heavy atom. The summed E-state index contributed by atoms with van der Waals surface area (Å²) in [5, 5.41) is 3.24. The minimum absolute atomic E-state index is 0.175. The number of rotatable bonds is 3. The highest BCUT2D eigenvalue weighted by atomic mass is 35.5. The quantitative estimate of drug-likeness (QED) is 0.510. The van der Waals surface area contributed by atoms with Crippen LogP contribution in [0.1, 0.15) is 16.3 Å². The van der Waals surface area contributed by atoms with E-state index in [0.717, 1.165) is 15.6 Å². The van der Waals surface area contributed by atoms with Crippen molar-refractivity contribution in [3.05, 3.63) is 56.4 Å². The second-order valence-corrected chi connectivity index (χ2v) is 7.12. The van der Waals surface area contributed by atoms with Crippen LogP contribution in [0.15, 0.2) is 33.8 Å². The van der Waals surface area contributed by atoms with E-state index in [0.29, 0.717) is 10.7 Å². The summed E-state index contributed by atoms with van der Waals surface area (Å²) < 4.78 is 45.8. The van der Waals surface area contributed by atoms with E-state index in [2.05, 4.69) is 15.1 Å². The third kappa shape index (κ3) is 3.12. The maximum absolute atomic E-state index is 12.8. The molecule has 27 heavy (non-hydrogen) atoms. The standard InChI is InChI=1S/C15H9ClF3N5O2S/c1-7-12(13-20-2-3-26-13)24-11(25)4-8(21-14(24)27-7)6-23-10(16)5-9(22-23)15(17,18)19/h2-5H,6H2,1H3. The highest BCUT2D eigenvalue weighted by Gasteiger charge is 2.34. The van der Waals surface area contributed by atoms with Crippen LogP contribution in [0.25, 0.3) is 16.5 Å². The van der Waals surface area contributed by atoms with Crippen LogP contribution in [-0.2, 0) is 12.7 Å². The molecule has 4 rings (SSSR count). The number of aryl methyl sites for hydroxylation is 1. The number of hydrogen-bond donors (Lipinski definition) is 0. The number of nitrogens with zero attached hydrogens (tertiary/aromatic N) is 5. The summed E-state index contributed by atoms with van der Waals surface area (Å²) in [6.07, 6.45) is -1.76. The zero-order valence-electron chi connectivity index (χ0n) is 13.5. The first-order valence-electron chi connectivity index (χ1n) is 7.46. The molecule has 0 bridgehead atoms. The molecule has 4 heterocycles. The highest BCUT2D eigenvalue weighted by molar-refractivity contribution is 7.17. The van der Waals surface area contributed by atoms with Gasteiger partial charge in [0.2, 0.25) is 5.89 Å². The first-order valence-corrected chi connectivity index (χ1v) is 8.66. The summed E-state index contributed by atoms with van der Waals surface area (Å²) in [4.78, 5) is 22.1. The van der Waals surface area contributed by atoms with Crippen LogP contribution in [0, 0.1) is 6.92 Å². The van der Waals surface area contributed by atoms with Gasteiger partial charge in [0.05, 0.1) is 18.4 Å². The van der Waals surface area contributed by atoms with Gasteiger partial charge in [-0.1, -0.05) is 11.6 Å². The van der Waals surface area contributed by atoms with Crippen LogP contribution in [-0.4, -0.2) is 24.1 Å². The van der Waals surface area contributed by atoms with Crippen LogP contribution in [0.2, 0.25) is 5.15 Å². The van der Waals surface area contributed by atoms with Crippen LogP contribution in [0.3, 0.4) is 0 Å². The lowest BCUT2D eigenvalue weighted by atomic mass is 10.3. The van der Waals surface area contributed by atoms with E-state index in [9.17, 15) is 18.0 Å². The van der Waals surface area contributed by atoms with Crippen molar-refractivity contribution >= 4 is 27.9 Å². The van der Waals surface area contributed by atoms with E-state index >= 15 is 0 Å². The molecule has 0 aromatic carbocycles. The topological polar surface area (TPSA) is 78.2 Å². The van der Waals surface area contributed by atoms with Crippen molar-refractivity contribution < 1.29 is 17.6 Å². The van der Waals surface area contributed by atoms with Gasteiger partial charge in [-0.2, -0.15) is 18.3 Å². The third-order valence-electron chi connectivity index (χ3n) is 3.71. The number of oxazole rings is 1. The average molecular weight is 416 g/mol. The fourth-order valence-corrected chi connectivity index (χ4v) is 3.77. The first kappa shape index (κ1) is 17.7. The van der Waals surface area contributed by atoms with Gasteiger partial charge in [0.25, 0.3) is 5.56 Å². The SMILES string of the molecule is Cc1sc2nc(Cn3nc(C(F)(F)F)cc3Cl)cc(=O)n2c1-c1ncco1. The largest absolute Gasteiger partial charge is 0.443 e. The molecule has 0 amide bonds. The van der Waals surface area contributed by atoms with Crippen molar-refractivity contribution in [3.8, 4) is 11.6 Å². The second-order valence-electron chi connectivity index (χ2n) is 5.56. The Kier molecular flexibility index (Phi) is 4.07. The normalized spacial score (nSPS) is 12.2. The van der Waals surface area contributed by atoms with Crippen molar-refractivity contribution in [2.45, 2.75) is 19.6 Å². The molecule has 0 radical (unpaired) electrons. The molecule has 12 heteroatoms. The minimum Gasteiger partial charge on any atom is -0.443 e. The predicted octanol–water partition coefficient (Wildman–Crippen LogP) is 3.64. The van der Waals surface area contributed by atoms with Gasteiger partial charge in [-0.15, -0.1) is 11.3 Å². The second kappa shape index (κ2) is 6.20. The molecule has 4 aromatic rings. The van der Waals surface area contributed by atoms with Crippen molar-refractivity contribution in [3.63, 3.8) is 0 Å². The summed E-state index contributed by atoms with van der Waals surface area (Å²) in [7, 11) is 0. The van der Waals surface area contributed by atoms with Gasteiger partial charge >= 0.3 is 6.18 Å². The van der Waals surface area contributed by atoms with Crippen LogP contribution in [0.5, 0.6) is 0 Å². The number of thiazole rings is 1. The van der Waals surface area contributed by atoms with E-state index in [-0.39, 0.29) is 23.3 Å². The molecule has 0 saturated heterocycles. The monoisotopic (exact) mass is 415 g/mol. The van der Waals surface area contributed by atoms with Crippen LogP contribution < -0.4 is 5.56 Å². The Morgan fingerprint density at radius 2 is 2.11 bits per heavy atom. The fourth-order valence-electron chi connectivity index (χ4n) is 2.59. The Labute approximate surface area is 157 Å². The number of fused-ring (bicyclic) bond motifs is 1. The molecule has 0 unspecified atom stereocenters. The lowest BCUT2D eigenvalue weighted by molar-refractivity contribution is -0.141. The molecule has 7 nitrogen and oxygen atoms in total. The van der Waals surface area contributed by atoms with E-state index in [1.807, 2.05) is 0 Å². The molecular weight excluding hydrogens is 407 g/mol. The molecule has 4 aromatic heterocycles. The van der Waals surface area contributed by atoms with Gasteiger partial charge in [-0.25, -0.2) is 19.1 Å².